The molecule has 1 aliphatic rings. The van der Waals surface area contributed by atoms with Crippen molar-refractivity contribution < 1.29 is 9.90 Å². The predicted octanol–water partition coefficient (Wildman–Crippen LogP) is 5.20. The van der Waals surface area contributed by atoms with E-state index in [2.05, 4.69) is 24.2 Å². The number of rotatable bonds is 6. The third-order valence-electron chi connectivity index (χ3n) is 3.91. The molecule has 1 aromatic rings. The van der Waals surface area contributed by atoms with Crippen LogP contribution in [0.4, 0.5) is 0 Å². The Balaban J connectivity index is 2.23. The van der Waals surface area contributed by atoms with E-state index in [0.717, 1.165) is 35.9 Å². The second-order valence-electron chi connectivity index (χ2n) is 5.86. The van der Waals surface area contributed by atoms with Gasteiger partial charge < -0.3 is 5.11 Å². The van der Waals surface area contributed by atoms with E-state index in [9.17, 15) is 4.79 Å². The lowest BCUT2D eigenvalue weighted by Crippen LogP contribution is -1.95. The van der Waals surface area contributed by atoms with Crippen LogP contribution >= 0.6 is 0 Å². The van der Waals surface area contributed by atoms with Gasteiger partial charge in [0.25, 0.3) is 0 Å². The van der Waals surface area contributed by atoms with Gasteiger partial charge in [0, 0.05) is 11.6 Å². The Labute approximate surface area is 143 Å². The first-order valence-corrected chi connectivity index (χ1v) is 8.19. The van der Waals surface area contributed by atoms with Gasteiger partial charge in [0.15, 0.2) is 0 Å². The number of carbonyl (C=O) groups is 1. The first kappa shape index (κ1) is 17.7. The summed E-state index contributed by atoms with van der Waals surface area (Å²) in [5, 5.41) is 8.68. The predicted molar refractivity (Wildman–Crippen MR) is 99.4 cm³/mol. The van der Waals surface area contributed by atoms with Crippen LogP contribution in [-0.4, -0.2) is 16.1 Å². The Morgan fingerprint density at radius 2 is 1.92 bits per heavy atom. The molecule has 0 bridgehead atoms. The van der Waals surface area contributed by atoms with Gasteiger partial charge >= 0.3 is 5.97 Å². The number of hydrogen-bond acceptors (Lipinski definition) is 2. The normalized spacial score (nSPS) is 15.3. The fourth-order valence-corrected chi connectivity index (χ4v) is 2.72. The van der Waals surface area contributed by atoms with Gasteiger partial charge in [-0.15, -0.1) is 0 Å². The van der Waals surface area contributed by atoms with E-state index < -0.39 is 5.97 Å². The Bertz CT molecular complexity index is 715. The third kappa shape index (κ3) is 5.51. The monoisotopic (exact) mass is 321 g/mol. The number of hydrogen-bond donors (Lipinski definition) is 1. The highest BCUT2D eigenvalue weighted by Gasteiger charge is 2.06. The molecule has 1 saturated carbocycles. The maximum absolute atomic E-state index is 10.6. The number of carboxylic acid groups (broad SMARTS) is 1. The molecule has 1 fully saturated rings. The van der Waals surface area contributed by atoms with Gasteiger partial charge in [-0.3, -0.25) is 0 Å². The maximum atomic E-state index is 10.6. The van der Waals surface area contributed by atoms with E-state index in [1.807, 2.05) is 18.2 Å². The molecule has 3 heteroatoms. The van der Waals surface area contributed by atoms with Crippen molar-refractivity contribution in [2.45, 2.75) is 32.1 Å². The molecule has 0 amide bonds. The number of allylic oxidation sites excluding steroid dienone is 6. The SMILES string of the molecule is C=C/C(=C\C(=C)/C=C/C(=O)O)c1cccc(C=C2CCCCC2)n1. The van der Waals surface area contributed by atoms with Gasteiger partial charge in [0.2, 0.25) is 0 Å². The van der Waals surface area contributed by atoms with Gasteiger partial charge in [-0.2, -0.15) is 0 Å². The van der Waals surface area contributed by atoms with Crippen molar-refractivity contribution in [2.24, 2.45) is 0 Å². The lowest BCUT2D eigenvalue weighted by molar-refractivity contribution is -0.131. The molecule has 1 N–H and O–H groups in total. The lowest BCUT2D eigenvalue weighted by Gasteiger charge is -2.13. The molecule has 1 aliphatic carbocycles. The number of aromatic nitrogens is 1. The lowest BCUT2D eigenvalue weighted by atomic mass is 9.94. The van der Waals surface area contributed by atoms with Crippen LogP contribution in [-0.2, 0) is 4.79 Å². The van der Waals surface area contributed by atoms with Crippen molar-refractivity contribution in [3.05, 3.63) is 78.2 Å². The molecule has 0 atom stereocenters. The molecule has 1 heterocycles. The fourth-order valence-electron chi connectivity index (χ4n) is 2.72. The van der Waals surface area contributed by atoms with Crippen molar-refractivity contribution in [1.82, 2.24) is 4.98 Å². The van der Waals surface area contributed by atoms with Crippen LogP contribution in [0, 0.1) is 0 Å². The van der Waals surface area contributed by atoms with Crippen molar-refractivity contribution in [1.29, 1.82) is 0 Å². The van der Waals surface area contributed by atoms with E-state index in [1.54, 1.807) is 12.2 Å². The zero-order chi connectivity index (χ0) is 17.4. The topological polar surface area (TPSA) is 50.2 Å². The minimum atomic E-state index is -0.996. The zero-order valence-electron chi connectivity index (χ0n) is 13.9. The summed E-state index contributed by atoms with van der Waals surface area (Å²) < 4.78 is 0. The van der Waals surface area contributed by atoms with Crippen LogP contribution in [0.3, 0.4) is 0 Å². The Kier molecular flexibility index (Phi) is 6.50. The van der Waals surface area contributed by atoms with Crippen LogP contribution in [0.25, 0.3) is 11.6 Å². The first-order valence-electron chi connectivity index (χ1n) is 8.19. The molecular formula is C21H23NO2. The molecule has 24 heavy (non-hydrogen) atoms. The second kappa shape index (κ2) is 8.82. The molecule has 0 aromatic carbocycles. The van der Waals surface area contributed by atoms with Gasteiger partial charge in [-0.05, 0) is 61.6 Å². The molecule has 0 radical (unpaired) electrons. The van der Waals surface area contributed by atoms with Crippen molar-refractivity contribution in [3.63, 3.8) is 0 Å². The van der Waals surface area contributed by atoms with Crippen LogP contribution in [0.15, 0.2) is 66.8 Å². The third-order valence-corrected chi connectivity index (χ3v) is 3.91. The summed E-state index contributed by atoms with van der Waals surface area (Å²) in [6.07, 6.45) is 14.4. The molecule has 0 spiro atoms. The molecular weight excluding hydrogens is 298 g/mol. The van der Waals surface area contributed by atoms with E-state index in [4.69, 9.17) is 5.11 Å². The highest BCUT2D eigenvalue weighted by atomic mass is 16.4. The van der Waals surface area contributed by atoms with Crippen LogP contribution in [0.5, 0.6) is 0 Å². The Hall–Kier alpha value is -2.68. The largest absolute Gasteiger partial charge is 0.478 e. The molecule has 124 valence electrons. The summed E-state index contributed by atoms with van der Waals surface area (Å²) in [6, 6.07) is 5.90. The van der Waals surface area contributed by atoms with E-state index in [-0.39, 0.29) is 0 Å². The molecule has 1 aromatic heterocycles. The minimum absolute atomic E-state index is 0.588. The summed E-state index contributed by atoms with van der Waals surface area (Å²) in [6.45, 7) is 7.67. The number of carboxylic acids is 1. The molecule has 0 aliphatic heterocycles. The molecule has 2 rings (SSSR count). The van der Waals surface area contributed by atoms with Crippen LogP contribution in [0.2, 0.25) is 0 Å². The van der Waals surface area contributed by atoms with Gasteiger partial charge in [-0.25, -0.2) is 9.78 Å². The summed E-state index contributed by atoms with van der Waals surface area (Å²) in [5.41, 5.74) is 4.62. The number of nitrogens with zero attached hydrogens (tertiary/aromatic N) is 1. The highest BCUT2D eigenvalue weighted by Crippen LogP contribution is 2.25. The number of aliphatic carboxylic acids is 1. The Morgan fingerprint density at radius 1 is 1.17 bits per heavy atom. The van der Waals surface area contributed by atoms with E-state index in [0.29, 0.717) is 5.57 Å². The van der Waals surface area contributed by atoms with Crippen LogP contribution < -0.4 is 0 Å². The van der Waals surface area contributed by atoms with E-state index in [1.165, 1.54) is 30.9 Å². The average molecular weight is 321 g/mol. The summed E-state index contributed by atoms with van der Waals surface area (Å²) in [5.74, 6) is -0.996. The van der Waals surface area contributed by atoms with Gasteiger partial charge in [0.1, 0.15) is 0 Å². The van der Waals surface area contributed by atoms with Gasteiger partial charge in [0.05, 0.1) is 11.4 Å². The van der Waals surface area contributed by atoms with Crippen molar-refractivity contribution in [3.8, 4) is 0 Å². The first-order chi connectivity index (χ1) is 11.6. The summed E-state index contributed by atoms with van der Waals surface area (Å²) >= 11 is 0. The minimum Gasteiger partial charge on any atom is -0.478 e. The van der Waals surface area contributed by atoms with Gasteiger partial charge in [-0.1, -0.05) is 37.3 Å². The fraction of sp³-hybridized carbons (Fsp3) is 0.238. The zero-order valence-corrected chi connectivity index (χ0v) is 13.9. The molecule has 0 unspecified atom stereocenters. The number of pyridine rings is 1. The molecule has 0 saturated heterocycles. The Morgan fingerprint density at radius 3 is 2.58 bits per heavy atom. The quantitative estimate of drug-likeness (QED) is 0.579. The standard InChI is InChI=1S/C21H23NO2/c1-3-18(14-16(2)12-13-21(23)24)20-11-7-10-19(22-20)15-17-8-5-4-6-9-17/h3,7,10-15H,1-2,4-6,8-9H2,(H,23,24)/b13-12+,18-14+. The van der Waals surface area contributed by atoms with Crippen LogP contribution in [0.1, 0.15) is 43.5 Å². The molecule has 3 nitrogen and oxygen atoms in total. The second-order valence-corrected chi connectivity index (χ2v) is 5.86. The summed E-state index contributed by atoms with van der Waals surface area (Å²) in [7, 11) is 0. The smallest absolute Gasteiger partial charge is 0.328 e. The average Bonchev–Trinajstić information content (AvgIpc) is 2.59. The van der Waals surface area contributed by atoms with E-state index >= 15 is 0 Å². The summed E-state index contributed by atoms with van der Waals surface area (Å²) in [4.78, 5) is 15.3. The van der Waals surface area contributed by atoms with Crippen molar-refractivity contribution >= 4 is 17.6 Å². The highest BCUT2D eigenvalue weighted by molar-refractivity contribution is 5.81. The maximum Gasteiger partial charge on any atom is 0.328 e. The van der Waals surface area contributed by atoms with Crippen molar-refractivity contribution in [2.75, 3.05) is 0 Å².